The molecule has 7 heteroatoms. The summed E-state index contributed by atoms with van der Waals surface area (Å²) in [6.07, 6.45) is 1.66. The van der Waals surface area contributed by atoms with Crippen molar-refractivity contribution in [2.75, 3.05) is 25.0 Å². The largest absolute Gasteiger partial charge is 0.466 e. The third kappa shape index (κ3) is 5.10. The van der Waals surface area contributed by atoms with Crippen molar-refractivity contribution in [1.29, 1.82) is 0 Å². The normalized spacial score (nSPS) is 19.6. The standard InChI is InChI=1S/C17H22Cl2N2O3/c1-3-24-17(23)12-5-4-6-21(10-12)11(2)16(22)20-15-8-13(18)7-14(19)9-15/h7-9,11-12H,3-6,10H2,1-2H3,(H,20,22). The number of likely N-dealkylation sites (tertiary alicyclic amines) is 1. The molecule has 0 saturated carbocycles. The second-order valence-corrected chi connectivity index (χ2v) is 6.78. The summed E-state index contributed by atoms with van der Waals surface area (Å²) in [4.78, 5) is 26.4. The van der Waals surface area contributed by atoms with Gasteiger partial charge in [-0.25, -0.2) is 0 Å². The minimum absolute atomic E-state index is 0.155. The van der Waals surface area contributed by atoms with E-state index in [0.717, 1.165) is 19.4 Å². The highest BCUT2D eigenvalue weighted by Gasteiger charge is 2.31. The SMILES string of the molecule is CCOC(=O)C1CCCN(C(C)C(=O)Nc2cc(Cl)cc(Cl)c2)C1. The van der Waals surface area contributed by atoms with Crippen LogP contribution in [-0.4, -0.2) is 42.5 Å². The molecule has 1 saturated heterocycles. The van der Waals surface area contributed by atoms with Crippen molar-refractivity contribution in [1.82, 2.24) is 4.90 Å². The van der Waals surface area contributed by atoms with E-state index in [9.17, 15) is 9.59 Å². The molecule has 0 spiro atoms. The number of ether oxygens (including phenoxy) is 1. The number of anilines is 1. The van der Waals surface area contributed by atoms with Gasteiger partial charge in [0, 0.05) is 22.3 Å². The van der Waals surface area contributed by atoms with E-state index in [-0.39, 0.29) is 23.8 Å². The average Bonchev–Trinajstić information content (AvgIpc) is 2.53. The van der Waals surface area contributed by atoms with Crippen LogP contribution in [0.1, 0.15) is 26.7 Å². The summed E-state index contributed by atoms with van der Waals surface area (Å²) in [6.45, 7) is 5.31. The molecule has 1 N–H and O–H groups in total. The average molecular weight is 373 g/mol. The molecule has 1 aliphatic heterocycles. The molecule has 0 radical (unpaired) electrons. The molecule has 2 unspecified atom stereocenters. The van der Waals surface area contributed by atoms with E-state index in [4.69, 9.17) is 27.9 Å². The van der Waals surface area contributed by atoms with Gasteiger partial charge in [-0.15, -0.1) is 0 Å². The van der Waals surface area contributed by atoms with Crippen LogP contribution in [0, 0.1) is 5.92 Å². The number of carbonyl (C=O) groups is 2. The lowest BCUT2D eigenvalue weighted by Crippen LogP contribution is -2.48. The number of carbonyl (C=O) groups excluding carboxylic acids is 2. The molecule has 5 nitrogen and oxygen atoms in total. The van der Waals surface area contributed by atoms with Gasteiger partial charge < -0.3 is 10.1 Å². The molecule has 2 rings (SSSR count). The molecule has 132 valence electrons. The summed E-state index contributed by atoms with van der Waals surface area (Å²) in [7, 11) is 0. The lowest BCUT2D eigenvalue weighted by atomic mass is 9.97. The molecule has 1 fully saturated rings. The summed E-state index contributed by atoms with van der Waals surface area (Å²) in [5.74, 6) is -0.510. The molecule has 0 bridgehead atoms. The van der Waals surface area contributed by atoms with Crippen LogP contribution >= 0.6 is 23.2 Å². The second-order valence-electron chi connectivity index (χ2n) is 5.91. The van der Waals surface area contributed by atoms with Crippen molar-refractivity contribution in [2.24, 2.45) is 5.92 Å². The number of hydrogen-bond acceptors (Lipinski definition) is 4. The summed E-state index contributed by atoms with van der Waals surface area (Å²) < 4.78 is 5.10. The third-order valence-electron chi connectivity index (χ3n) is 4.13. The molecule has 1 aliphatic rings. The van der Waals surface area contributed by atoms with Crippen LogP contribution in [0.2, 0.25) is 10.0 Å². The Morgan fingerprint density at radius 2 is 2.00 bits per heavy atom. The molecule has 1 aromatic carbocycles. The number of esters is 1. The highest BCUT2D eigenvalue weighted by molar-refractivity contribution is 6.35. The van der Waals surface area contributed by atoms with Crippen LogP contribution in [0.3, 0.4) is 0 Å². The van der Waals surface area contributed by atoms with E-state index < -0.39 is 0 Å². The summed E-state index contributed by atoms with van der Waals surface area (Å²) in [5, 5.41) is 3.75. The highest BCUT2D eigenvalue weighted by atomic mass is 35.5. The number of amides is 1. The van der Waals surface area contributed by atoms with E-state index >= 15 is 0 Å². The van der Waals surface area contributed by atoms with Crippen molar-refractivity contribution >= 4 is 40.8 Å². The topological polar surface area (TPSA) is 58.6 Å². The van der Waals surface area contributed by atoms with Crippen molar-refractivity contribution < 1.29 is 14.3 Å². The molecule has 2 atom stereocenters. The molecule has 0 aromatic heterocycles. The Kier molecular flexibility index (Phi) is 6.90. The van der Waals surface area contributed by atoms with Gasteiger partial charge in [0.1, 0.15) is 0 Å². The Morgan fingerprint density at radius 1 is 1.33 bits per heavy atom. The minimum Gasteiger partial charge on any atom is -0.466 e. The van der Waals surface area contributed by atoms with Gasteiger partial charge in [0.15, 0.2) is 0 Å². The number of nitrogens with one attached hydrogen (secondary N) is 1. The maximum absolute atomic E-state index is 12.5. The van der Waals surface area contributed by atoms with Gasteiger partial charge in [0.05, 0.1) is 18.6 Å². The van der Waals surface area contributed by atoms with E-state index in [1.54, 1.807) is 25.1 Å². The number of halogens is 2. The minimum atomic E-state index is -0.361. The molecule has 1 aromatic rings. The van der Waals surface area contributed by atoms with Crippen LogP contribution in [0.15, 0.2) is 18.2 Å². The Balaban J connectivity index is 1.98. The number of benzene rings is 1. The second kappa shape index (κ2) is 8.70. The molecular weight excluding hydrogens is 351 g/mol. The van der Waals surface area contributed by atoms with Gasteiger partial charge in [0.2, 0.25) is 5.91 Å². The fraction of sp³-hybridized carbons (Fsp3) is 0.529. The molecule has 24 heavy (non-hydrogen) atoms. The zero-order valence-corrected chi connectivity index (χ0v) is 15.4. The fourth-order valence-corrected chi connectivity index (χ4v) is 3.38. The highest BCUT2D eigenvalue weighted by Crippen LogP contribution is 2.24. The predicted octanol–water partition coefficient (Wildman–Crippen LogP) is 3.60. The monoisotopic (exact) mass is 372 g/mol. The number of hydrogen-bond donors (Lipinski definition) is 1. The van der Waals surface area contributed by atoms with Crippen molar-refractivity contribution in [3.05, 3.63) is 28.2 Å². The first-order chi connectivity index (χ1) is 11.4. The van der Waals surface area contributed by atoms with Crippen molar-refractivity contribution in [2.45, 2.75) is 32.7 Å². The predicted molar refractivity (Wildman–Crippen MR) is 95.5 cm³/mol. The van der Waals surface area contributed by atoms with Gasteiger partial charge in [-0.1, -0.05) is 23.2 Å². The molecule has 0 aliphatic carbocycles. The summed E-state index contributed by atoms with van der Waals surface area (Å²) >= 11 is 11.9. The Hall–Kier alpha value is -1.30. The van der Waals surface area contributed by atoms with Crippen LogP contribution in [0.4, 0.5) is 5.69 Å². The Labute approximate surface area is 152 Å². The Bertz CT molecular complexity index is 589. The van der Waals surface area contributed by atoms with Crippen molar-refractivity contribution in [3.8, 4) is 0 Å². The van der Waals surface area contributed by atoms with Crippen LogP contribution in [0.25, 0.3) is 0 Å². The smallest absolute Gasteiger partial charge is 0.310 e. The number of nitrogens with zero attached hydrogens (tertiary/aromatic N) is 1. The zero-order valence-electron chi connectivity index (χ0n) is 13.9. The maximum atomic E-state index is 12.5. The first kappa shape index (κ1) is 19.0. The first-order valence-electron chi connectivity index (χ1n) is 8.08. The van der Waals surface area contributed by atoms with Gasteiger partial charge >= 0.3 is 5.97 Å². The summed E-state index contributed by atoms with van der Waals surface area (Å²) in [6, 6.07) is 4.54. The lowest BCUT2D eigenvalue weighted by molar-refractivity contribution is -0.150. The van der Waals surface area contributed by atoms with Gasteiger partial charge in [-0.05, 0) is 51.4 Å². The van der Waals surface area contributed by atoms with Crippen LogP contribution in [-0.2, 0) is 14.3 Å². The number of piperidine rings is 1. The van der Waals surface area contributed by atoms with Gasteiger partial charge in [-0.2, -0.15) is 0 Å². The first-order valence-corrected chi connectivity index (χ1v) is 8.84. The third-order valence-corrected chi connectivity index (χ3v) is 4.57. The Morgan fingerprint density at radius 3 is 2.62 bits per heavy atom. The quantitative estimate of drug-likeness (QED) is 0.802. The number of rotatable bonds is 5. The van der Waals surface area contributed by atoms with Gasteiger partial charge in [-0.3, -0.25) is 14.5 Å². The molecule has 1 heterocycles. The summed E-state index contributed by atoms with van der Waals surface area (Å²) in [5.41, 5.74) is 0.559. The molecular formula is C17H22Cl2N2O3. The van der Waals surface area contributed by atoms with E-state index in [0.29, 0.717) is 28.9 Å². The van der Waals surface area contributed by atoms with Gasteiger partial charge in [0.25, 0.3) is 0 Å². The zero-order chi connectivity index (χ0) is 17.7. The van der Waals surface area contributed by atoms with Crippen molar-refractivity contribution in [3.63, 3.8) is 0 Å². The van der Waals surface area contributed by atoms with Crippen LogP contribution in [0.5, 0.6) is 0 Å². The molecule has 1 amide bonds. The fourth-order valence-electron chi connectivity index (χ4n) is 2.85. The van der Waals surface area contributed by atoms with E-state index in [2.05, 4.69) is 5.32 Å². The van der Waals surface area contributed by atoms with E-state index in [1.807, 2.05) is 11.8 Å². The van der Waals surface area contributed by atoms with E-state index in [1.165, 1.54) is 0 Å². The van der Waals surface area contributed by atoms with Crippen LogP contribution < -0.4 is 5.32 Å². The maximum Gasteiger partial charge on any atom is 0.310 e. The lowest BCUT2D eigenvalue weighted by Gasteiger charge is -2.35.